The van der Waals surface area contributed by atoms with Crippen LogP contribution in [0.4, 0.5) is 0 Å². The van der Waals surface area contributed by atoms with E-state index in [4.69, 9.17) is 11.6 Å². The maximum Gasteiger partial charge on any atom is 0.1000 e. The molecule has 0 aliphatic heterocycles. The maximum atomic E-state index is 5.84. The molecule has 1 aromatic heterocycles. The number of hydrogen-bond donors (Lipinski definition) is 0. The average Bonchev–Trinajstić information content (AvgIpc) is 2.80. The van der Waals surface area contributed by atoms with Crippen LogP contribution in [0.1, 0.15) is 22.9 Å². The number of hydrogen-bond acceptors (Lipinski definition) is 2. The standard InChI is InChI=1S/C12H12ClNS/c13-7-6-11(12-14-8-9-15-12)10-4-2-1-3-5-10/h1-5,8-9,11H,6-7H2. The van der Waals surface area contributed by atoms with Crippen LogP contribution in [0, 0.1) is 0 Å². The zero-order valence-corrected chi connectivity index (χ0v) is 9.84. The van der Waals surface area contributed by atoms with Gasteiger partial charge < -0.3 is 0 Å². The number of thiazole rings is 1. The minimum Gasteiger partial charge on any atom is -0.249 e. The molecule has 0 spiro atoms. The average molecular weight is 238 g/mol. The van der Waals surface area contributed by atoms with E-state index in [1.54, 1.807) is 11.3 Å². The fourth-order valence-corrected chi connectivity index (χ4v) is 2.65. The molecule has 1 nitrogen and oxygen atoms in total. The first-order valence-corrected chi connectivity index (χ1v) is 6.33. The summed E-state index contributed by atoms with van der Waals surface area (Å²) in [6.07, 6.45) is 2.79. The molecule has 0 saturated carbocycles. The smallest absolute Gasteiger partial charge is 0.1000 e. The Hall–Kier alpha value is -0.860. The van der Waals surface area contributed by atoms with Crippen LogP contribution in [0.15, 0.2) is 41.9 Å². The lowest BCUT2D eigenvalue weighted by molar-refractivity contribution is 0.774. The molecule has 1 heterocycles. The van der Waals surface area contributed by atoms with Crippen molar-refractivity contribution >= 4 is 22.9 Å². The van der Waals surface area contributed by atoms with Gasteiger partial charge >= 0.3 is 0 Å². The van der Waals surface area contributed by atoms with Gasteiger partial charge in [-0.3, -0.25) is 0 Å². The van der Waals surface area contributed by atoms with Gasteiger partial charge in [0.05, 0.1) is 5.01 Å². The molecule has 3 heteroatoms. The summed E-state index contributed by atoms with van der Waals surface area (Å²) < 4.78 is 0. The number of benzene rings is 1. The Morgan fingerprint density at radius 1 is 1.27 bits per heavy atom. The lowest BCUT2D eigenvalue weighted by Gasteiger charge is -2.12. The van der Waals surface area contributed by atoms with Crippen molar-refractivity contribution in [3.8, 4) is 0 Å². The molecule has 0 amide bonds. The fourth-order valence-electron chi connectivity index (χ4n) is 1.63. The molecule has 1 aromatic carbocycles. The molecule has 0 saturated heterocycles. The van der Waals surface area contributed by atoms with Crippen LogP contribution in [-0.4, -0.2) is 10.9 Å². The van der Waals surface area contributed by atoms with Gasteiger partial charge in [-0.2, -0.15) is 0 Å². The lowest BCUT2D eigenvalue weighted by Crippen LogP contribution is -2.01. The van der Waals surface area contributed by atoms with E-state index < -0.39 is 0 Å². The molecule has 78 valence electrons. The molecule has 0 bridgehead atoms. The second kappa shape index (κ2) is 5.29. The van der Waals surface area contributed by atoms with E-state index in [0.29, 0.717) is 11.8 Å². The molecular formula is C12H12ClNS. The zero-order valence-electron chi connectivity index (χ0n) is 8.27. The van der Waals surface area contributed by atoms with E-state index in [2.05, 4.69) is 29.2 Å². The van der Waals surface area contributed by atoms with Crippen molar-refractivity contribution in [2.45, 2.75) is 12.3 Å². The van der Waals surface area contributed by atoms with Gasteiger partial charge in [0, 0.05) is 23.4 Å². The molecule has 15 heavy (non-hydrogen) atoms. The first-order chi connectivity index (χ1) is 7.42. The first-order valence-electron chi connectivity index (χ1n) is 4.92. The minimum atomic E-state index is 0.351. The van der Waals surface area contributed by atoms with Crippen molar-refractivity contribution in [1.29, 1.82) is 0 Å². The van der Waals surface area contributed by atoms with Crippen molar-refractivity contribution in [2.24, 2.45) is 0 Å². The largest absolute Gasteiger partial charge is 0.249 e. The predicted octanol–water partition coefficient (Wildman–Crippen LogP) is 3.90. The first kappa shape index (κ1) is 10.7. The Balaban J connectivity index is 2.28. The van der Waals surface area contributed by atoms with Gasteiger partial charge in [-0.1, -0.05) is 30.3 Å². The summed E-state index contributed by atoms with van der Waals surface area (Å²) >= 11 is 7.54. The summed E-state index contributed by atoms with van der Waals surface area (Å²) in [4.78, 5) is 4.37. The van der Waals surface area contributed by atoms with Crippen molar-refractivity contribution in [1.82, 2.24) is 4.98 Å². The van der Waals surface area contributed by atoms with Gasteiger partial charge in [0.15, 0.2) is 0 Å². The van der Waals surface area contributed by atoms with Crippen LogP contribution in [0.3, 0.4) is 0 Å². The number of aromatic nitrogens is 1. The van der Waals surface area contributed by atoms with Crippen LogP contribution < -0.4 is 0 Å². The Bertz CT molecular complexity index is 385. The van der Waals surface area contributed by atoms with Crippen LogP contribution in [-0.2, 0) is 0 Å². The summed E-state index contributed by atoms with van der Waals surface area (Å²) in [5.41, 5.74) is 1.30. The Kier molecular flexibility index (Phi) is 3.75. The topological polar surface area (TPSA) is 12.9 Å². The highest BCUT2D eigenvalue weighted by molar-refractivity contribution is 7.09. The van der Waals surface area contributed by atoms with E-state index in [9.17, 15) is 0 Å². The van der Waals surface area contributed by atoms with Gasteiger partial charge in [-0.25, -0.2) is 4.98 Å². The lowest BCUT2D eigenvalue weighted by atomic mass is 9.97. The highest BCUT2D eigenvalue weighted by atomic mass is 35.5. The number of nitrogens with zero attached hydrogens (tertiary/aromatic N) is 1. The van der Waals surface area contributed by atoms with Crippen LogP contribution >= 0.6 is 22.9 Å². The van der Waals surface area contributed by atoms with Crippen LogP contribution in [0.25, 0.3) is 0 Å². The van der Waals surface area contributed by atoms with E-state index in [0.717, 1.165) is 11.4 Å². The predicted molar refractivity (Wildman–Crippen MR) is 65.7 cm³/mol. The Morgan fingerprint density at radius 2 is 2.07 bits per heavy atom. The second-order valence-corrected chi connectivity index (χ2v) is 4.62. The molecule has 2 rings (SSSR count). The summed E-state index contributed by atoms with van der Waals surface area (Å²) in [5.74, 6) is 1.02. The summed E-state index contributed by atoms with van der Waals surface area (Å²) in [6, 6.07) is 10.4. The third-order valence-electron chi connectivity index (χ3n) is 2.35. The fraction of sp³-hybridized carbons (Fsp3) is 0.250. The summed E-state index contributed by atoms with van der Waals surface area (Å²) in [6.45, 7) is 0. The minimum absolute atomic E-state index is 0.351. The van der Waals surface area contributed by atoms with E-state index in [1.165, 1.54) is 5.56 Å². The van der Waals surface area contributed by atoms with Crippen LogP contribution in [0.5, 0.6) is 0 Å². The maximum absolute atomic E-state index is 5.84. The second-order valence-electron chi connectivity index (χ2n) is 3.31. The summed E-state index contributed by atoms with van der Waals surface area (Å²) in [5, 5.41) is 3.17. The highest BCUT2D eigenvalue weighted by Gasteiger charge is 2.15. The monoisotopic (exact) mass is 237 g/mol. The third-order valence-corrected chi connectivity index (χ3v) is 3.46. The quantitative estimate of drug-likeness (QED) is 0.735. The molecule has 1 unspecified atom stereocenters. The summed E-state index contributed by atoms with van der Waals surface area (Å²) in [7, 11) is 0. The normalized spacial score (nSPS) is 12.6. The Labute approximate surface area is 98.7 Å². The number of alkyl halides is 1. The number of rotatable bonds is 4. The molecule has 0 radical (unpaired) electrons. The van der Waals surface area contributed by atoms with Gasteiger partial charge in [0.1, 0.15) is 0 Å². The van der Waals surface area contributed by atoms with Crippen molar-refractivity contribution in [3.05, 3.63) is 52.5 Å². The van der Waals surface area contributed by atoms with Gasteiger partial charge in [0.2, 0.25) is 0 Å². The van der Waals surface area contributed by atoms with Gasteiger partial charge in [-0.15, -0.1) is 22.9 Å². The molecule has 0 aliphatic carbocycles. The molecule has 0 aliphatic rings. The molecule has 2 aromatic rings. The molecule has 1 atom stereocenters. The van der Waals surface area contributed by atoms with Crippen molar-refractivity contribution in [3.63, 3.8) is 0 Å². The van der Waals surface area contributed by atoms with E-state index >= 15 is 0 Å². The SMILES string of the molecule is ClCCC(c1ccccc1)c1nccs1. The van der Waals surface area contributed by atoms with Gasteiger partial charge in [0.25, 0.3) is 0 Å². The Morgan fingerprint density at radius 3 is 2.67 bits per heavy atom. The van der Waals surface area contributed by atoms with Crippen LogP contribution in [0.2, 0.25) is 0 Å². The molecule has 0 N–H and O–H groups in total. The van der Waals surface area contributed by atoms with E-state index in [1.807, 2.05) is 17.6 Å². The molecule has 0 fully saturated rings. The third kappa shape index (κ3) is 2.58. The number of halogens is 1. The van der Waals surface area contributed by atoms with Crippen molar-refractivity contribution in [2.75, 3.05) is 5.88 Å². The van der Waals surface area contributed by atoms with Gasteiger partial charge in [-0.05, 0) is 12.0 Å². The zero-order chi connectivity index (χ0) is 10.5. The molecular weight excluding hydrogens is 226 g/mol. The van der Waals surface area contributed by atoms with E-state index in [-0.39, 0.29) is 0 Å². The highest BCUT2D eigenvalue weighted by Crippen LogP contribution is 2.29. The van der Waals surface area contributed by atoms with Crippen molar-refractivity contribution < 1.29 is 0 Å².